The van der Waals surface area contributed by atoms with Crippen LogP contribution in [0.5, 0.6) is 0 Å². The molecule has 2 aromatic heterocycles. The number of hydrogen-bond acceptors (Lipinski definition) is 4. The summed E-state index contributed by atoms with van der Waals surface area (Å²) < 4.78 is 0. The highest BCUT2D eigenvalue weighted by molar-refractivity contribution is 7.15. The lowest BCUT2D eigenvalue weighted by Gasteiger charge is -2.20. The summed E-state index contributed by atoms with van der Waals surface area (Å²) in [6.07, 6.45) is 3.67. The SMILES string of the molecule is CC(C)c1nc(-c2cccnc2)sc1CNC(C)(C)C. The zero-order chi connectivity index (χ0) is 14.8. The van der Waals surface area contributed by atoms with Crippen molar-refractivity contribution in [1.82, 2.24) is 15.3 Å². The van der Waals surface area contributed by atoms with Crippen molar-refractivity contribution in [3.63, 3.8) is 0 Å². The van der Waals surface area contributed by atoms with Crippen LogP contribution in [0.4, 0.5) is 0 Å². The van der Waals surface area contributed by atoms with Crippen LogP contribution in [-0.2, 0) is 6.54 Å². The lowest BCUT2D eigenvalue weighted by atomic mass is 10.1. The second kappa shape index (κ2) is 6.02. The average Bonchev–Trinajstić information content (AvgIpc) is 2.81. The van der Waals surface area contributed by atoms with Crippen LogP contribution in [0.25, 0.3) is 10.6 Å². The van der Waals surface area contributed by atoms with Gasteiger partial charge in [-0.05, 0) is 38.8 Å². The molecule has 0 aliphatic carbocycles. The second-order valence-electron chi connectivity index (χ2n) is 6.33. The summed E-state index contributed by atoms with van der Waals surface area (Å²) in [7, 11) is 0. The zero-order valence-corrected chi connectivity index (χ0v) is 13.7. The summed E-state index contributed by atoms with van der Waals surface area (Å²) in [5.41, 5.74) is 2.42. The van der Waals surface area contributed by atoms with Gasteiger partial charge in [0, 0.05) is 34.9 Å². The summed E-state index contributed by atoms with van der Waals surface area (Å²) in [6, 6.07) is 4.02. The Labute approximate surface area is 125 Å². The van der Waals surface area contributed by atoms with E-state index >= 15 is 0 Å². The third kappa shape index (κ3) is 3.87. The molecule has 2 aromatic rings. The molecule has 0 radical (unpaired) electrons. The Hall–Kier alpha value is -1.26. The Morgan fingerprint density at radius 2 is 2.05 bits per heavy atom. The minimum Gasteiger partial charge on any atom is -0.307 e. The molecule has 0 spiro atoms. The van der Waals surface area contributed by atoms with E-state index in [-0.39, 0.29) is 5.54 Å². The zero-order valence-electron chi connectivity index (χ0n) is 12.9. The van der Waals surface area contributed by atoms with E-state index in [1.165, 1.54) is 10.6 Å². The Bertz CT molecular complexity index is 553. The quantitative estimate of drug-likeness (QED) is 0.916. The van der Waals surface area contributed by atoms with Crippen molar-refractivity contribution >= 4 is 11.3 Å². The van der Waals surface area contributed by atoms with Crippen LogP contribution >= 0.6 is 11.3 Å². The molecule has 3 nitrogen and oxygen atoms in total. The lowest BCUT2D eigenvalue weighted by molar-refractivity contribution is 0.425. The highest BCUT2D eigenvalue weighted by Gasteiger charge is 2.17. The van der Waals surface area contributed by atoms with Crippen LogP contribution < -0.4 is 5.32 Å². The Kier molecular flexibility index (Phi) is 4.55. The Morgan fingerprint density at radius 1 is 1.30 bits per heavy atom. The highest BCUT2D eigenvalue weighted by Crippen LogP contribution is 2.31. The molecule has 0 saturated heterocycles. The molecule has 1 N–H and O–H groups in total. The van der Waals surface area contributed by atoms with E-state index in [0.717, 1.165) is 17.1 Å². The molecule has 0 aliphatic heterocycles. The molecule has 2 heterocycles. The molecule has 0 amide bonds. The van der Waals surface area contributed by atoms with Gasteiger partial charge in [-0.25, -0.2) is 4.98 Å². The molecule has 0 aromatic carbocycles. The van der Waals surface area contributed by atoms with Gasteiger partial charge in [0.25, 0.3) is 0 Å². The summed E-state index contributed by atoms with van der Waals surface area (Å²) in [5, 5.41) is 4.62. The molecule has 2 rings (SSSR count). The third-order valence-electron chi connectivity index (χ3n) is 2.96. The average molecular weight is 289 g/mol. The minimum atomic E-state index is 0.118. The first-order valence-corrected chi connectivity index (χ1v) is 7.83. The topological polar surface area (TPSA) is 37.8 Å². The Balaban J connectivity index is 2.29. The second-order valence-corrected chi connectivity index (χ2v) is 7.41. The van der Waals surface area contributed by atoms with Crippen molar-refractivity contribution in [2.45, 2.75) is 52.6 Å². The standard InChI is InChI=1S/C16H23N3S/c1-11(2)14-13(10-18-16(3,4)5)20-15(19-14)12-7-6-8-17-9-12/h6-9,11,18H,10H2,1-5H3. The fraction of sp³-hybridized carbons (Fsp3) is 0.500. The van der Waals surface area contributed by atoms with Gasteiger partial charge in [0.1, 0.15) is 5.01 Å². The van der Waals surface area contributed by atoms with E-state index in [0.29, 0.717) is 5.92 Å². The summed E-state index contributed by atoms with van der Waals surface area (Å²) >= 11 is 1.77. The molecule has 20 heavy (non-hydrogen) atoms. The minimum absolute atomic E-state index is 0.118. The van der Waals surface area contributed by atoms with Crippen LogP contribution in [-0.4, -0.2) is 15.5 Å². The number of thiazole rings is 1. The predicted molar refractivity (Wildman–Crippen MR) is 86.0 cm³/mol. The van der Waals surface area contributed by atoms with E-state index in [9.17, 15) is 0 Å². The van der Waals surface area contributed by atoms with E-state index in [2.05, 4.69) is 51.0 Å². The largest absolute Gasteiger partial charge is 0.307 e. The van der Waals surface area contributed by atoms with Gasteiger partial charge in [0.15, 0.2) is 0 Å². The van der Waals surface area contributed by atoms with Crippen molar-refractivity contribution < 1.29 is 0 Å². The van der Waals surface area contributed by atoms with Gasteiger partial charge in [-0.1, -0.05) is 13.8 Å². The number of aromatic nitrogens is 2. The molecule has 108 valence electrons. The monoisotopic (exact) mass is 289 g/mol. The van der Waals surface area contributed by atoms with Gasteiger partial charge in [0.2, 0.25) is 0 Å². The van der Waals surface area contributed by atoms with E-state index in [1.807, 2.05) is 12.3 Å². The summed E-state index contributed by atoms with van der Waals surface area (Å²) in [4.78, 5) is 10.3. The molecule has 4 heteroatoms. The first-order chi connectivity index (χ1) is 9.37. The smallest absolute Gasteiger partial charge is 0.125 e. The Morgan fingerprint density at radius 3 is 2.60 bits per heavy atom. The van der Waals surface area contributed by atoms with E-state index in [4.69, 9.17) is 4.98 Å². The number of rotatable bonds is 4. The van der Waals surface area contributed by atoms with E-state index in [1.54, 1.807) is 17.5 Å². The molecule has 0 bridgehead atoms. The number of pyridine rings is 1. The fourth-order valence-corrected chi connectivity index (χ4v) is 3.05. The highest BCUT2D eigenvalue weighted by atomic mass is 32.1. The first kappa shape index (κ1) is 15.1. The maximum atomic E-state index is 4.82. The van der Waals surface area contributed by atoms with Crippen molar-refractivity contribution in [2.75, 3.05) is 0 Å². The summed E-state index contributed by atoms with van der Waals surface area (Å²) in [5.74, 6) is 0.438. The van der Waals surface area contributed by atoms with E-state index < -0.39 is 0 Å². The van der Waals surface area contributed by atoms with Gasteiger partial charge < -0.3 is 5.32 Å². The van der Waals surface area contributed by atoms with Crippen molar-refractivity contribution in [2.24, 2.45) is 0 Å². The van der Waals surface area contributed by atoms with Gasteiger partial charge in [-0.3, -0.25) is 4.98 Å². The van der Waals surface area contributed by atoms with Gasteiger partial charge in [-0.2, -0.15) is 0 Å². The summed E-state index contributed by atoms with van der Waals surface area (Å²) in [6.45, 7) is 11.8. The van der Waals surface area contributed by atoms with Crippen LogP contribution in [0.15, 0.2) is 24.5 Å². The molecular formula is C16H23N3S. The molecule has 0 aliphatic rings. The van der Waals surface area contributed by atoms with Crippen molar-refractivity contribution in [3.8, 4) is 10.6 Å². The molecule has 0 saturated carbocycles. The third-order valence-corrected chi connectivity index (χ3v) is 4.08. The molecular weight excluding hydrogens is 266 g/mol. The number of nitrogens with zero attached hydrogens (tertiary/aromatic N) is 2. The number of nitrogens with one attached hydrogen (secondary N) is 1. The van der Waals surface area contributed by atoms with Gasteiger partial charge >= 0.3 is 0 Å². The van der Waals surface area contributed by atoms with Crippen molar-refractivity contribution in [1.29, 1.82) is 0 Å². The lowest BCUT2D eigenvalue weighted by Crippen LogP contribution is -2.35. The molecule has 0 fully saturated rings. The van der Waals surface area contributed by atoms with Gasteiger partial charge in [0.05, 0.1) is 5.69 Å². The van der Waals surface area contributed by atoms with Crippen LogP contribution in [0.2, 0.25) is 0 Å². The van der Waals surface area contributed by atoms with Crippen molar-refractivity contribution in [3.05, 3.63) is 35.1 Å². The predicted octanol–water partition coefficient (Wildman–Crippen LogP) is 4.22. The number of hydrogen-bond donors (Lipinski definition) is 1. The normalized spacial score (nSPS) is 12.1. The maximum absolute atomic E-state index is 4.82. The molecule has 0 unspecified atom stereocenters. The maximum Gasteiger partial charge on any atom is 0.125 e. The van der Waals surface area contributed by atoms with Crippen LogP contribution in [0.3, 0.4) is 0 Å². The van der Waals surface area contributed by atoms with Gasteiger partial charge in [-0.15, -0.1) is 11.3 Å². The molecule has 0 atom stereocenters. The van der Waals surface area contributed by atoms with Crippen LogP contribution in [0, 0.1) is 0 Å². The van der Waals surface area contributed by atoms with Crippen LogP contribution in [0.1, 0.15) is 51.1 Å². The fourth-order valence-electron chi connectivity index (χ4n) is 1.90. The first-order valence-electron chi connectivity index (χ1n) is 7.02.